The first-order valence-corrected chi connectivity index (χ1v) is 9.05. The molecule has 1 saturated carbocycles. The zero-order chi connectivity index (χ0) is 15.0. The zero-order valence-corrected chi connectivity index (χ0v) is 14.0. The molecule has 2 rings (SSSR count). The van der Waals surface area contributed by atoms with Crippen LogP contribution in [0.25, 0.3) is 0 Å². The molecule has 0 radical (unpaired) electrons. The molecule has 1 aliphatic rings. The van der Waals surface area contributed by atoms with E-state index in [0.717, 1.165) is 6.04 Å². The summed E-state index contributed by atoms with van der Waals surface area (Å²) in [6.07, 6.45) is 12.2. The second kappa shape index (κ2) is 8.58. The van der Waals surface area contributed by atoms with E-state index in [0.29, 0.717) is 5.41 Å². The molecule has 0 aliphatic heterocycles. The maximum atomic E-state index is 3.81. The lowest BCUT2D eigenvalue weighted by Crippen LogP contribution is -2.35. The molecule has 1 nitrogen and oxygen atoms in total. The highest BCUT2D eigenvalue weighted by Gasteiger charge is 2.30. The maximum absolute atomic E-state index is 3.81. The average molecular weight is 287 g/mol. The van der Waals surface area contributed by atoms with Crippen molar-refractivity contribution in [1.82, 2.24) is 5.32 Å². The summed E-state index contributed by atoms with van der Waals surface area (Å²) in [6, 6.07) is 11.8. The Bertz CT molecular complexity index is 382. The van der Waals surface area contributed by atoms with Gasteiger partial charge in [-0.2, -0.15) is 0 Å². The average Bonchev–Trinajstić information content (AvgIpc) is 3.35. The van der Waals surface area contributed by atoms with Crippen LogP contribution in [0.15, 0.2) is 30.3 Å². The first-order chi connectivity index (χ1) is 10.3. The smallest absolute Gasteiger partial charge is 0.00684 e. The van der Waals surface area contributed by atoms with Crippen molar-refractivity contribution in [2.45, 2.75) is 77.7 Å². The van der Waals surface area contributed by atoms with E-state index < -0.39 is 0 Å². The summed E-state index contributed by atoms with van der Waals surface area (Å²) in [6.45, 7) is 5.95. The number of unbranched alkanes of at least 4 members (excludes halogenated alkanes) is 1. The zero-order valence-electron chi connectivity index (χ0n) is 14.0. The number of hydrogen-bond donors (Lipinski definition) is 1. The van der Waals surface area contributed by atoms with Crippen LogP contribution in [0.2, 0.25) is 0 Å². The van der Waals surface area contributed by atoms with Gasteiger partial charge in [0.15, 0.2) is 0 Å². The van der Waals surface area contributed by atoms with E-state index in [9.17, 15) is 0 Å². The van der Waals surface area contributed by atoms with Crippen molar-refractivity contribution in [1.29, 1.82) is 0 Å². The van der Waals surface area contributed by atoms with Crippen LogP contribution in [0.1, 0.15) is 70.8 Å². The van der Waals surface area contributed by atoms with E-state index in [4.69, 9.17) is 0 Å². The lowest BCUT2D eigenvalue weighted by Gasteiger charge is -2.34. The predicted molar refractivity (Wildman–Crippen MR) is 92.7 cm³/mol. The van der Waals surface area contributed by atoms with Gasteiger partial charge in [0.05, 0.1) is 0 Å². The van der Waals surface area contributed by atoms with Gasteiger partial charge < -0.3 is 5.32 Å². The van der Waals surface area contributed by atoms with Crippen LogP contribution in [-0.2, 0) is 6.42 Å². The molecule has 1 aromatic carbocycles. The second-order valence-electron chi connectivity index (χ2n) is 6.95. The third kappa shape index (κ3) is 5.82. The van der Waals surface area contributed by atoms with E-state index >= 15 is 0 Å². The van der Waals surface area contributed by atoms with Gasteiger partial charge in [0, 0.05) is 12.6 Å². The van der Waals surface area contributed by atoms with Crippen molar-refractivity contribution in [3.8, 4) is 0 Å². The molecule has 0 aromatic heterocycles. The van der Waals surface area contributed by atoms with Crippen molar-refractivity contribution in [3.05, 3.63) is 35.9 Å². The van der Waals surface area contributed by atoms with Gasteiger partial charge in [-0.3, -0.25) is 0 Å². The summed E-state index contributed by atoms with van der Waals surface area (Å²) in [4.78, 5) is 0. The van der Waals surface area contributed by atoms with Gasteiger partial charge in [0.25, 0.3) is 0 Å². The molecule has 0 bridgehead atoms. The van der Waals surface area contributed by atoms with Gasteiger partial charge >= 0.3 is 0 Å². The van der Waals surface area contributed by atoms with Crippen LogP contribution in [0.3, 0.4) is 0 Å². The molecule has 1 aromatic rings. The molecule has 1 atom stereocenters. The monoisotopic (exact) mass is 287 g/mol. The molecular weight excluding hydrogens is 254 g/mol. The van der Waals surface area contributed by atoms with E-state index in [2.05, 4.69) is 49.5 Å². The number of aryl methyl sites for hydroxylation is 1. The molecule has 1 fully saturated rings. The summed E-state index contributed by atoms with van der Waals surface area (Å²) < 4.78 is 0. The Morgan fingerprint density at radius 1 is 1.05 bits per heavy atom. The highest BCUT2D eigenvalue weighted by molar-refractivity contribution is 5.14. The topological polar surface area (TPSA) is 12.0 Å². The lowest BCUT2D eigenvalue weighted by atomic mass is 9.75. The SMILES string of the molecule is CCCCC(CC)(CCCc1ccccc1)CNC1CC1. The van der Waals surface area contributed by atoms with Crippen LogP contribution in [-0.4, -0.2) is 12.6 Å². The van der Waals surface area contributed by atoms with Gasteiger partial charge in [-0.05, 0) is 55.9 Å². The van der Waals surface area contributed by atoms with Crippen molar-refractivity contribution in [2.75, 3.05) is 6.54 Å². The number of benzene rings is 1. The van der Waals surface area contributed by atoms with E-state index in [1.165, 1.54) is 69.9 Å². The quantitative estimate of drug-likeness (QED) is 0.578. The maximum Gasteiger partial charge on any atom is 0.00684 e. The van der Waals surface area contributed by atoms with Crippen molar-refractivity contribution in [2.24, 2.45) is 5.41 Å². The largest absolute Gasteiger partial charge is 0.313 e. The van der Waals surface area contributed by atoms with Gasteiger partial charge in [-0.1, -0.05) is 57.0 Å². The highest BCUT2D eigenvalue weighted by Crippen LogP contribution is 2.35. The Labute approximate surface area is 131 Å². The van der Waals surface area contributed by atoms with Crippen LogP contribution >= 0.6 is 0 Å². The fraction of sp³-hybridized carbons (Fsp3) is 0.700. The Balaban J connectivity index is 1.83. The van der Waals surface area contributed by atoms with Crippen molar-refractivity contribution in [3.63, 3.8) is 0 Å². The minimum Gasteiger partial charge on any atom is -0.313 e. The van der Waals surface area contributed by atoms with Crippen LogP contribution in [0.5, 0.6) is 0 Å². The fourth-order valence-electron chi connectivity index (χ4n) is 3.29. The Hall–Kier alpha value is -0.820. The van der Waals surface area contributed by atoms with Gasteiger partial charge in [0.2, 0.25) is 0 Å². The molecule has 0 heterocycles. The highest BCUT2D eigenvalue weighted by atomic mass is 15.0. The summed E-state index contributed by atoms with van der Waals surface area (Å²) in [5.74, 6) is 0. The Morgan fingerprint density at radius 2 is 1.76 bits per heavy atom. The fourth-order valence-corrected chi connectivity index (χ4v) is 3.29. The van der Waals surface area contributed by atoms with E-state index in [-0.39, 0.29) is 0 Å². The number of nitrogens with one attached hydrogen (secondary N) is 1. The molecule has 1 heteroatoms. The molecular formula is C20H33N. The molecule has 118 valence electrons. The first-order valence-electron chi connectivity index (χ1n) is 9.05. The third-order valence-electron chi connectivity index (χ3n) is 5.17. The number of rotatable bonds is 11. The molecule has 0 spiro atoms. The molecule has 21 heavy (non-hydrogen) atoms. The minimum absolute atomic E-state index is 0.535. The van der Waals surface area contributed by atoms with Crippen LogP contribution in [0.4, 0.5) is 0 Å². The summed E-state index contributed by atoms with van der Waals surface area (Å²) in [7, 11) is 0. The van der Waals surface area contributed by atoms with Crippen molar-refractivity contribution < 1.29 is 0 Å². The first kappa shape index (κ1) is 16.5. The third-order valence-corrected chi connectivity index (χ3v) is 5.17. The second-order valence-corrected chi connectivity index (χ2v) is 6.95. The lowest BCUT2D eigenvalue weighted by molar-refractivity contribution is 0.206. The molecule has 1 aliphatic carbocycles. The molecule has 0 amide bonds. The van der Waals surface area contributed by atoms with Crippen LogP contribution < -0.4 is 5.32 Å². The normalized spacial score (nSPS) is 17.6. The Kier molecular flexibility index (Phi) is 6.76. The van der Waals surface area contributed by atoms with Crippen molar-refractivity contribution >= 4 is 0 Å². The summed E-state index contributed by atoms with van der Waals surface area (Å²) in [5.41, 5.74) is 2.03. The molecule has 1 unspecified atom stereocenters. The van der Waals surface area contributed by atoms with Gasteiger partial charge in [-0.15, -0.1) is 0 Å². The van der Waals surface area contributed by atoms with Gasteiger partial charge in [-0.25, -0.2) is 0 Å². The van der Waals surface area contributed by atoms with Gasteiger partial charge in [0.1, 0.15) is 0 Å². The standard InChI is InChI=1S/C20H33N/c1-3-5-15-20(4-2,17-21-19-13-14-19)16-9-12-18-10-7-6-8-11-18/h6-8,10-11,19,21H,3-5,9,12-17H2,1-2H3. The summed E-state index contributed by atoms with van der Waals surface area (Å²) >= 11 is 0. The molecule has 1 N–H and O–H groups in total. The predicted octanol–water partition coefficient (Wildman–Crippen LogP) is 5.35. The molecule has 0 saturated heterocycles. The number of hydrogen-bond acceptors (Lipinski definition) is 1. The van der Waals surface area contributed by atoms with Crippen LogP contribution in [0, 0.1) is 5.41 Å². The Morgan fingerprint density at radius 3 is 2.38 bits per heavy atom. The van der Waals surface area contributed by atoms with E-state index in [1.807, 2.05) is 0 Å². The van der Waals surface area contributed by atoms with E-state index in [1.54, 1.807) is 0 Å². The summed E-state index contributed by atoms with van der Waals surface area (Å²) in [5, 5.41) is 3.81. The minimum atomic E-state index is 0.535.